The molecule has 0 atom stereocenters. The smallest absolute Gasteiger partial charge is 0.223 e. The summed E-state index contributed by atoms with van der Waals surface area (Å²) in [5.74, 6) is 0.608. The first-order chi connectivity index (χ1) is 13.2. The number of hydrogen-bond acceptors (Lipinski definition) is 3. The summed E-state index contributed by atoms with van der Waals surface area (Å²) in [7, 11) is 0. The van der Waals surface area contributed by atoms with Crippen molar-refractivity contribution in [2.24, 2.45) is 0 Å². The third kappa shape index (κ3) is 2.75. The molecule has 3 aromatic heterocycles. The summed E-state index contributed by atoms with van der Waals surface area (Å²) in [5, 5.41) is 9.18. The van der Waals surface area contributed by atoms with Crippen LogP contribution in [0.4, 0.5) is 4.39 Å². The lowest BCUT2D eigenvalue weighted by Crippen LogP contribution is -2.36. The van der Waals surface area contributed by atoms with Crippen LogP contribution in [-0.4, -0.2) is 36.9 Å². The fourth-order valence-corrected chi connectivity index (χ4v) is 3.84. The van der Waals surface area contributed by atoms with E-state index in [4.69, 9.17) is 0 Å². The highest BCUT2D eigenvalue weighted by molar-refractivity contribution is 5.86. The maximum Gasteiger partial charge on any atom is 0.223 e. The van der Waals surface area contributed by atoms with E-state index in [0.717, 1.165) is 40.1 Å². The molecule has 0 saturated heterocycles. The number of nitrogens with zero attached hydrogens (tertiary/aromatic N) is 4. The number of amides is 1. The standard InChI is InChI=1S/C20H18FN5O/c21-13-4-5-16-14(11-13)15-12-25(10-8-17(15)22-16)20(27)7-6-19-24-23-18-3-1-2-9-26(18)19/h1-5,9,11,22H,6-8,10,12H2. The van der Waals surface area contributed by atoms with Gasteiger partial charge < -0.3 is 9.88 Å². The molecule has 6 nitrogen and oxygen atoms in total. The van der Waals surface area contributed by atoms with Crippen LogP contribution in [0.3, 0.4) is 0 Å². The van der Waals surface area contributed by atoms with Gasteiger partial charge in [-0.2, -0.15) is 0 Å². The van der Waals surface area contributed by atoms with Crippen molar-refractivity contribution in [3.8, 4) is 0 Å². The predicted molar refractivity (Wildman–Crippen MR) is 98.7 cm³/mol. The molecule has 0 radical (unpaired) electrons. The zero-order valence-electron chi connectivity index (χ0n) is 14.7. The number of carbonyl (C=O) groups is 1. The molecule has 1 amide bonds. The second-order valence-electron chi connectivity index (χ2n) is 6.88. The first-order valence-corrected chi connectivity index (χ1v) is 9.04. The van der Waals surface area contributed by atoms with Gasteiger partial charge in [-0.15, -0.1) is 10.2 Å². The number of H-pyrrole nitrogens is 1. The molecular formula is C20H18FN5O. The molecule has 0 unspecified atom stereocenters. The number of carbonyl (C=O) groups excluding carboxylic acids is 1. The SMILES string of the molecule is O=C(CCc1nnc2ccccn12)N1CCc2[nH]c3ccc(F)cc3c2C1. The Bertz CT molecular complexity index is 1160. The van der Waals surface area contributed by atoms with Crippen LogP contribution in [0.1, 0.15) is 23.5 Å². The first-order valence-electron chi connectivity index (χ1n) is 9.04. The van der Waals surface area contributed by atoms with Crippen molar-refractivity contribution in [2.75, 3.05) is 6.54 Å². The van der Waals surface area contributed by atoms with Gasteiger partial charge in [0.05, 0.1) is 0 Å². The first kappa shape index (κ1) is 16.0. The Hall–Kier alpha value is -3.22. The number of hydrogen-bond donors (Lipinski definition) is 1. The Balaban J connectivity index is 1.33. The molecule has 0 aliphatic carbocycles. The number of aryl methyl sites for hydroxylation is 1. The molecule has 0 bridgehead atoms. The molecule has 1 aromatic carbocycles. The zero-order valence-corrected chi connectivity index (χ0v) is 14.7. The normalized spacial score (nSPS) is 14.0. The van der Waals surface area contributed by atoms with E-state index in [2.05, 4.69) is 15.2 Å². The summed E-state index contributed by atoms with van der Waals surface area (Å²) < 4.78 is 15.5. The number of halogens is 1. The molecule has 0 fully saturated rings. The van der Waals surface area contributed by atoms with Gasteiger partial charge in [-0.3, -0.25) is 9.20 Å². The zero-order chi connectivity index (χ0) is 18.4. The number of pyridine rings is 1. The van der Waals surface area contributed by atoms with E-state index in [1.54, 1.807) is 12.1 Å². The van der Waals surface area contributed by atoms with Gasteiger partial charge in [0.1, 0.15) is 11.6 Å². The maximum atomic E-state index is 13.6. The molecule has 7 heteroatoms. The fourth-order valence-electron chi connectivity index (χ4n) is 3.84. The second-order valence-corrected chi connectivity index (χ2v) is 6.88. The van der Waals surface area contributed by atoms with Crippen molar-refractivity contribution in [1.82, 2.24) is 24.5 Å². The molecule has 27 heavy (non-hydrogen) atoms. The summed E-state index contributed by atoms with van der Waals surface area (Å²) in [6, 6.07) is 10.5. The highest BCUT2D eigenvalue weighted by Crippen LogP contribution is 2.28. The van der Waals surface area contributed by atoms with E-state index >= 15 is 0 Å². The third-order valence-corrected chi connectivity index (χ3v) is 5.24. The second kappa shape index (κ2) is 6.19. The van der Waals surface area contributed by atoms with Gasteiger partial charge in [0, 0.05) is 60.7 Å². The number of rotatable bonds is 3. The number of nitrogens with one attached hydrogen (secondary N) is 1. The molecule has 4 aromatic rings. The minimum atomic E-state index is -0.258. The Morgan fingerprint density at radius 3 is 3.07 bits per heavy atom. The molecule has 1 aliphatic heterocycles. The van der Waals surface area contributed by atoms with E-state index in [0.29, 0.717) is 25.9 Å². The number of benzene rings is 1. The van der Waals surface area contributed by atoms with Gasteiger partial charge in [-0.25, -0.2) is 4.39 Å². The summed E-state index contributed by atoms with van der Waals surface area (Å²) in [4.78, 5) is 18.0. The van der Waals surface area contributed by atoms with E-state index in [-0.39, 0.29) is 11.7 Å². The largest absolute Gasteiger partial charge is 0.358 e. The fraction of sp³-hybridized carbons (Fsp3) is 0.250. The maximum absolute atomic E-state index is 13.6. The number of aromatic amines is 1. The van der Waals surface area contributed by atoms with Crippen LogP contribution < -0.4 is 0 Å². The number of fused-ring (bicyclic) bond motifs is 4. The summed E-state index contributed by atoms with van der Waals surface area (Å²) in [6.45, 7) is 1.18. The van der Waals surface area contributed by atoms with Crippen LogP contribution in [0, 0.1) is 5.82 Å². The lowest BCUT2D eigenvalue weighted by atomic mass is 10.0. The van der Waals surface area contributed by atoms with Crippen molar-refractivity contribution >= 4 is 22.5 Å². The van der Waals surface area contributed by atoms with E-state index in [9.17, 15) is 9.18 Å². The van der Waals surface area contributed by atoms with Crippen LogP contribution in [-0.2, 0) is 24.2 Å². The van der Waals surface area contributed by atoms with E-state index < -0.39 is 0 Å². The van der Waals surface area contributed by atoms with Gasteiger partial charge in [-0.05, 0) is 30.3 Å². The molecule has 136 valence electrons. The van der Waals surface area contributed by atoms with Crippen molar-refractivity contribution in [3.63, 3.8) is 0 Å². The van der Waals surface area contributed by atoms with E-state index in [1.807, 2.05) is 33.7 Å². The molecule has 0 saturated carbocycles. The monoisotopic (exact) mass is 363 g/mol. The average Bonchev–Trinajstić information content (AvgIpc) is 3.26. The Morgan fingerprint density at radius 1 is 1.22 bits per heavy atom. The van der Waals surface area contributed by atoms with Crippen molar-refractivity contribution in [3.05, 3.63) is 65.5 Å². The van der Waals surface area contributed by atoms with Gasteiger partial charge in [-0.1, -0.05) is 6.07 Å². The minimum Gasteiger partial charge on any atom is -0.358 e. The highest BCUT2D eigenvalue weighted by Gasteiger charge is 2.24. The third-order valence-electron chi connectivity index (χ3n) is 5.24. The molecule has 0 spiro atoms. The van der Waals surface area contributed by atoms with Gasteiger partial charge in [0.25, 0.3) is 0 Å². The van der Waals surface area contributed by atoms with Crippen molar-refractivity contribution < 1.29 is 9.18 Å². The summed E-state index contributed by atoms with van der Waals surface area (Å²) in [6.07, 6.45) is 3.58. The summed E-state index contributed by atoms with van der Waals surface area (Å²) in [5.41, 5.74) is 3.83. The summed E-state index contributed by atoms with van der Waals surface area (Å²) >= 11 is 0. The Morgan fingerprint density at radius 2 is 2.15 bits per heavy atom. The molecule has 1 N–H and O–H groups in total. The quantitative estimate of drug-likeness (QED) is 0.609. The van der Waals surface area contributed by atoms with Gasteiger partial charge in [0.15, 0.2) is 5.65 Å². The minimum absolute atomic E-state index is 0.0825. The molecule has 1 aliphatic rings. The number of aromatic nitrogens is 4. The lowest BCUT2D eigenvalue weighted by Gasteiger charge is -2.27. The van der Waals surface area contributed by atoms with Crippen LogP contribution >= 0.6 is 0 Å². The van der Waals surface area contributed by atoms with E-state index in [1.165, 1.54) is 6.07 Å². The van der Waals surface area contributed by atoms with Crippen LogP contribution in [0.5, 0.6) is 0 Å². The highest BCUT2D eigenvalue weighted by atomic mass is 19.1. The Kier molecular flexibility index (Phi) is 3.67. The van der Waals surface area contributed by atoms with Crippen molar-refractivity contribution in [2.45, 2.75) is 25.8 Å². The molecule has 5 rings (SSSR count). The van der Waals surface area contributed by atoms with Crippen molar-refractivity contribution in [1.29, 1.82) is 0 Å². The Labute approximate surface area is 154 Å². The predicted octanol–water partition coefficient (Wildman–Crippen LogP) is 2.87. The van der Waals surface area contributed by atoms with Gasteiger partial charge >= 0.3 is 0 Å². The van der Waals surface area contributed by atoms with Gasteiger partial charge in [0.2, 0.25) is 5.91 Å². The topological polar surface area (TPSA) is 66.3 Å². The lowest BCUT2D eigenvalue weighted by molar-refractivity contribution is -0.132. The van der Waals surface area contributed by atoms with Crippen LogP contribution in [0.2, 0.25) is 0 Å². The van der Waals surface area contributed by atoms with Crippen LogP contribution in [0.25, 0.3) is 16.6 Å². The molecular weight excluding hydrogens is 345 g/mol. The van der Waals surface area contributed by atoms with Crippen LogP contribution in [0.15, 0.2) is 42.6 Å². The average molecular weight is 363 g/mol. The molecule has 4 heterocycles.